The number of carbonyl (C=O) groups is 2. The summed E-state index contributed by atoms with van der Waals surface area (Å²) >= 11 is 3.24. The number of piperidine rings is 1. The number of urea groups is 1. The Labute approximate surface area is 132 Å². The molecule has 1 saturated heterocycles. The Hall–Kier alpha value is -1.56. The molecule has 114 valence electrons. The van der Waals surface area contributed by atoms with Gasteiger partial charge in [0.05, 0.1) is 11.3 Å². The molecule has 1 atom stereocenters. The zero-order valence-electron chi connectivity index (χ0n) is 11.9. The zero-order valence-corrected chi connectivity index (χ0v) is 13.5. The van der Waals surface area contributed by atoms with Gasteiger partial charge in [0.2, 0.25) is 0 Å². The van der Waals surface area contributed by atoms with Crippen molar-refractivity contribution in [2.45, 2.75) is 38.6 Å². The molecule has 2 rings (SSSR count). The number of benzene rings is 1. The number of aromatic carboxylic acids is 1. The molecule has 0 aromatic heterocycles. The van der Waals surface area contributed by atoms with E-state index in [9.17, 15) is 14.7 Å². The minimum Gasteiger partial charge on any atom is -0.478 e. The van der Waals surface area contributed by atoms with Gasteiger partial charge < -0.3 is 15.3 Å². The summed E-state index contributed by atoms with van der Waals surface area (Å²) < 4.78 is 0.669. The maximum atomic E-state index is 12.4. The van der Waals surface area contributed by atoms with E-state index < -0.39 is 5.97 Å². The number of nitrogens with one attached hydrogen (secondary N) is 1. The molecule has 1 aromatic rings. The molecule has 1 aliphatic heterocycles. The molecule has 5 nitrogen and oxygen atoms in total. The van der Waals surface area contributed by atoms with Crippen LogP contribution < -0.4 is 5.32 Å². The summed E-state index contributed by atoms with van der Waals surface area (Å²) in [6.07, 6.45) is 4.06. The number of halogens is 1. The van der Waals surface area contributed by atoms with Crippen molar-refractivity contribution in [1.82, 2.24) is 4.90 Å². The maximum Gasteiger partial charge on any atom is 0.337 e. The lowest BCUT2D eigenvalue weighted by Crippen LogP contribution is -2.45. The van der Waals surface area contributed by atoms with Crippen LogP contribution in [0, 0.1) is 0 Å². The van der Waals surface area contributed by atoms with Crippen LogP contribution in [0.1, 0.15) is 43.0 Å². The fourth-order valence-corrected chi connectivity index (χ4v) is 3.04. The van der Waals surface area contributed by atoms with Gasteiger partial charge in [-0.25, -0.2) is 9.59 Å². The van der Waals surface area contributed by atoms with Crippen LogP contribution in [0.3, 0.4) is 0 Å². The van der Waals surface area contributed by atoms with Gasteiger partial charge >= 0.3 is 12.0 Å². The number of hydrogen-bond donors (Lipinski definition) is 2. The van der Waals surface area contributed by atoms with Gasteiger partial charge in [-0.1, -0.05) is 22.9 Å². The second kappa shape index (κ2) is 6.93. The number of amides is 2. The van der Waals surface area contributed by atoms with Crippen LogP contribution in [0.25, 0.3) is 0 Å². The Balaban J connectivity index is 2.17. The lowest BCUT2D eigenvalue weighted by atomic mass is 10.0. The number of carboxylic acid groups (broad SMARTS) is 1. The van der Waals surface area contributed by atoms with Gasteiger partial charge in [-0.3, -0.25) is 0 Å². The quantitative estimate of drug-likeness (QED) is 0.863. The minimum atomic E-state index is -1.06. The lowest BCUT2D eigenvalue weighted by Gasteiger charge is -2.35. The third kappa shape index (κ3) is 3.75. The monoisotopic (exact) mass is 354 g/mol. The number of anilines is 1. The van der Waals surface area contributed by atoms with E-state index >= 15 is 0 Å². The van der Waals surface area contributed by atoms with Crippen molar-refractivity contribution in [1.29, 1.82) is 0 Å². The Kier molecular flexibility index (Phi) is 5.22. The maximum absolute atomic E-state index is 12.4. The van der Waals surface area contributed by atoms with E-state index in [0.717, 1.165) is 32.2 Å². The molecule has 21 heavy (non-hydrogen) atoms. The van der Waals surface area contributed by atoms with E-state index in [2.05, 4.69) is 28.2 Å². The molecule has 6 heteroatoms. The summed E-state index contributed by atoms with van der Waals surface area (Å²) in [7, 11) is 0. The van der Waals surface area contributed by atoms with Crippen LogP contribution in [0.2, 0.25) is 0 Å². The smallest absolute Gasteiger partial charge is 0.337 e. The topological polar surface area (TPSA) is 69.6 Å². The lowest BCUT2D eigenvalue weighted by molar-refractivity contribution is 0.0698. The minimum absolute atomic E-state index is 0.0859. The predicted molar refractivity (Wildman–Crippen MR) is 84.8 cm³/mol. The van der Waals surface area contributed by atoms with Gasteiger partial charge in [0, 0.05) is 17.1 Å². The molecule has 1 aromatic carbocycles. The first-order chi connectivity index (χ1) is 10.0. The summed E-state index contributed by atoms with van der Waals surface area (Å²) in [6, 6.07) is 4.84. The zero-order chi connectivity index (χ0) is 15.4. The summed E-state index contributed by atoms with van der Waals surface area (Å²) in [4.78, 5) is 25.5. The molecule has 0 saturated carbocycles. The Morgan fingerprint density at radius 1 is 1.43 bits per heavy atom. The molecule has 1 heterocycles. The predicted octanol–water partition coefficient (Wildman–Crippen LogP) is 3.94. The molecule has 1 unspecified atom stereocenters. The van der Waals surface area contributed by atoms with Crippen molar-refractivity contribution >= 4 is 33.6 Å². The number of nitrogens with zero attached hydrogens (tertiary/aromatic N) is 1. The molecular formula is C15H19BrN2O3. The number of carboxylic acids is 1. The van der Waals surface area contributed by atoms with Gasteiger partial charge in [0.15, 0.2) is 0 Å². The van der Waals surface area contributed by atoms with E-state index in [1.807, 2.05) is 4.90 Å². The first-order valence-electron chi connectivity index (χ1n) is 7.13. The van der Waals surface area contributed by atoms with E-state index in [0.29, 0.717) is 10.2 Å². The molecule has 2 N–H and O–H groups in total. The van der Waals surface area contributed by atoms with E-state index in [-0.39, 0.29) is 17.6 Å². The van der Waals surface area contributed by atoms with Gasteiger partial charge in [0.25, 0.3) is 0 Å². The second-order valence-corrected chi connectivity index (χ2v) is 6.09. The molecule has 1 fully saturated rings. The highest BCUT2D eigenvalue weighted by Crippen LogP contribution is 2.24. The largest absolute Gasteiger partial charge is 0.478 e. The molecular weight excluding hydrogens is 336 g/mol. The van der Waals surface area contributed by atoms with Gasteiger partial charge in [-0.2, -0.15) is 0 Å². The Morgan fingerprint density at radius 3 is 2.86 bits per heavy atom. The molecule has 0 bridgehead atoms. The first-order valence-corrected chi connectivity index (χ1v) is 7.92. The molecule has 1 aliphatic rings. The van der Waals surface area contributed by atoms with Crippen LogP contribution in [-0.2, 0) is 0 Å². The first kappa shape index (κ1) is 15.8. The van der Waals surface area contributed by atoms with Crippen LogP contribution in [0.4, 0.5) is 10.5 Å². The SMILES string of the molecule is CCC1CCCCN1C(=O)Nc1ccc(Br)cc1C(=O)O. The van der Waals surface area contributed by atoms with Crippen molar-refractivity contribution in [2.75, 3.05) is 11.9 Å². The van der Waals surface area contributed by atoms with E-state index in [1.165, 1.54) is 6.07 Å². The standard InChI is InChI=1S/C15H19BrN2O3/c1-2-11-5-3-4-8-18(11)15(21)17-13-7-6-10(16)9-12(13)14(19)20/h6-7,9,11H,2-5,8H2,1H3,(H,17,21)(H,19,20). The fourth-order valence-electron chi connectivity index (χ4n) is 2.68. The normalized spacial score (nSPS) is 18.4. The average molecular weight is 355 g/mol. The summed E-state index contributed by atoms with van der Waals surface area (Å²) in [6.45, 7) is 2.79. The number of likely N-dealkylation sites (tertiary alicyclic amines) is 1. The fraction of sp³-hybridized carbons (Fsp3) is 0.467. The van der Waals surface area contributed by atoms with E-state index in [1.54, 1.807) is 12.1 Å². The summed E-state index contributed by atoms with van der Waals surface area (Å²) in [5.74, 6) is -1.06. The van der Waals surface area contributed by atoms with Gasteiger partial charge in [-0.05, 0) is 43.9 Å². The summed E-state index contributed by atoms with van der Waals surface area (Å²) in [5.41, 5.74) is 0.416. The second-order valence-electron chi connectivity index (χ2n) is 5.18. The van der Waals surface area contributed by atoms with E-state index in [4.69, 9.17) is 0 Å². The van der Waals surface area contributed by atoms with Crippen molar-refractivity contribution in [3.05, 3.63) is 28.2 Å². The van der Waals surface area contributed by atoms with Crippen molar-refractivity contribution in [3.8, 4) is 0 Å². The average Bonchev–Trinajstić information content (AvgIpc) is 2.48. The van der Waals surface area contributed by atoms with Gasteiger partial charge in [-0.15, -0.1) is 0 Å². The number of carbonyl (C=O) groups excluding carboxylic acids is 1. The van der Waals surface area contributed by atoms with Crippen LogP contribution in [0.15, 0.2) is 22.7 Å². The number of rotatable bonds is 3. The van der Waals surface area contributed by atoms with Crippen molar-refractivity contribution < 1.29 is 14.7 Å². The molecule has 2 amide bonds. The van der Waals surface area contributed by atoms with Gasteiger partial charge in [0.1, 0.15) is 0 Å². The highest BCUT2D eigenvalue weighted by Gasteiger charge is 2.26. The van der Waals surface area contributed by atoms with Crippen molar-refractivity contribution in [2.24, 2.45) is 0 Å². The Bertz CT molecular complexity index is 548. The van der Waals surface area contributed by atoms with Crippen LogP contribution in [0.5, 0.6) is 0 Å². The molecule has 0 radical (unpaired) electrons. The van der Waals surface area contributed by atoms with Crippen LogP contribution in [-0.4, -0.2) is 34.6 Å². The third-order valence-corrected chi connectivity index (χ3v) is 4.31. The number of hydrogen-bond acceptors (Lipinski definition) is 2. The highest BCUT2D eigenvalue weighted by molar-refractivity contribution is 9.10. The summed E-state index contributed by atoms with van der Waals surface area (Å²) in [5, 5.41) is 12.0. The molecule has 0 spiro atoms. The Morgan fingerprint density at radius 2 is 2.19 bits per heavy atom. The highest BCUT2D eigenvalue weighted by atomic mass is 79.9. The molecule has 0 aliphatic carbocycles. The van der Waals surface area contributed by atoms with Crippen molar-refractivity contribution in [3.63, 3.8) is 0 Å². The van der Waals surface area contributed by atoms with Crippen LogP contribution >= 0.6 is 15.9 Å². The third-order valence-electron chi connectivity index (χ3n) is 3.81.